The van der Waals surface area contributed by atoms with Gasteiger partial charge in [0.05, 0.1) is 17.8 Å². The van der Waals surface area contributed by atoms with Crippen LogP contribution in [0.4, 0.5) is 18.9 Å². The quantitative estimate of drug-likeness (QED) is 0.920. The first kappa shape index (κ1) is 13.5. The van der Waals surface area contributed by atoms with Gasteiger partial charge in [0.1, 0.15) is 0 Å². The van der Waals surface area contributed by atoms with Crippen LogP contribution in [0.3, 0.4) is 0 Å². The van der Waals surface area contributed by atoms with Crippen molar-refractivity contribution in [2.75, 3.05) is 5.32 Å². The molecule has 1 N–H and O–H groups in total. The summed E-state index contributed by atoms with van der Waals surface area (Å²) in [6.45, 7) is 3.13. The van der Waals surface area contributed by atoms with Gasteiger partial charge in [-0.3, -0.25) is 4.68 Å². The van der Waals surface area contributed by atoms with Crippen LogP contribution in [-0.2, 0) is 19.3 Å². The molecule has 19 heavy (non-hydrogen) atoms. The molecule has 0 unspecified atom stereocenters. The van der Waals surface area contributed by atoms with Gasteiger partial charge < -0.3 is 5.32 Å². The van der Waals surface area contributed by atoms with Gasteiger partial charge >= 0.3 is 6.18 Å². The van der Waals surface area contributed by atoms with E-state index in [0.717, 1.165) is 24.4 Å². The molecular weight excluding hydrogens is 255 g/mol. The van der Waals surface area contributed by atoms with Gasteiger partial charge in [-0.05, 0) is 31.2 Å². The van der Waals surface area contributed by atoms with E-state index < -0.39 is 11.7 Å². The highest BCUT2D eigenvalue weighted by Gasteiger charge is 2.30. The Morgan fingerprint density at radius 3 is 2.74 bits per heavy atom. The molecule has 0 atom stereocenters. The number of rotatable bonds is 4. The summed E-state index contributed by atoms with van der Waals surface area (Å²) in [6, 6.07) is 7.00. The number of hydrogen-bond donors (Lipinski definition) is 1. The topological polar surface area (TPSA) is 29.9 Å². The van der Waals surface area contributed by atoms with E-state index >= 15 is 0 Å². The third-order valence-corrected chi connectivity index (χ3v) is 2.77. The predicted octanol–water partition coefficient (Wildman–Crippen LogP) is 3.53. The van der Waals surface area contributed by atoms with Gasteiger partial charge in [0.25, 0.3) is 0 Å². The minimum Gasteiger partial charge on any atom is -0.379 e. The zero-order chi connectivity index (χ0) is 13.9. The number of alkyl halides is 3. The Morgan fingerprint density at radius 2 is 2.05 bits per heavy atom. The fraction of sp³-hybridized carbons (Fsp3) is 0.308. The highest BCUT2D eigenvalue weighted by atomic mass is 19.4. The van der Waals surface area contributed by atoms with Crippen LogP contribution in [0.25, 0.3) is 0 Å². The largest absolute Gasteiger partial charge is 0.416 e. The number of halogens is 3. The van der Waals surface area contributed by atoms with Crippen LogP contribution in [0.2, 0.25) is 0 Å². The zero-order valence-corrected chi connectivity index (χ0v) is 10.4. The van der Waals surface area contributed by atoms with Crippen LogP contribution in [0.5, 0.6) is 0 Å². The van der Waals surface area contributed by atoms with Crippen molar-refractivity contribution in [1.29, 1.82) is 0 Å². The molecule has 102 valence electrons. The smallest absolute Gasteiger partial charge is 0.379 e. The van der Waals surface area contributed by atoms with E-state index in [-0.39, 0.29) is 0 Å². The van der Waals surface area contributed by atoms with Crippen molar-refractivity contribution in [2.24, 2.45) is 0 Å². The summed E-state index contributed by atoms with van der Waals surface area (Å²) >= 11 is 0. The van der Waals surface area contributed by atoms with E-state index in [4.69, 9.17) is 0 Å². The molecule has 3 nitrogen and oxygen atoms in total. The molecule has 1 aromatic carbocycles. The van der Waals surface area contributed by atoms with Crippen molar-refractivity contribution in [2.45, 2.75) is 26.2 Å². The zero-order valence-electron chi connectivity index (χ0n) is 10.4. The maximum atomic E-state index is 12.6. The molecule has 2 aromatic rings. The predicted molar refractivity (Wildman–Crippen MR) is 66.7 cm³/mol. The molecule has 1 aromatic heterocycles. The van der Waals surface area contributed by atoms with Gasteiger partial charge in [-0.2, -0.15) is 18.3 Å². The summed E-state index contributed by atoms with van der Waals surface area (Å²) < 4.78 is 39.5. The Balaban J connectivity index is 2.08. The fourth-order valence-electron chi connectivity index (χ4n) is 1.79. The molecule has 0 aliphatic heterocycles. The third-order valence-electron chi connectivity index (χ3n) is 2.77. The van der Waals surface area contributed by atoms with Gasteiger partial charge in [-0.15, -0.1) is 0 Å². The van der Waals surface area contributed by atoms with Crippen molar-refractivity contribution < 1.29 is 13.2 Å². The number of anilines is 1. The summed E-state index contributed by atoms with van der Waals surface area (Å²) in [7, 11) is 0. The molecule has 0 aliphatic carbocycles. The van der Waals surface area contributed by atoms with Crippen molar-refractivity contribution in [1.82, 2.24) is 9.78 Å². The summed E-state index contributed by atoms with van der Waals surface area (Å²) in [5, 5.41) is 7.07. The first-order valence-corrected chi connectivity index (χ1v) is 5.92. The maximum absolute atomic E-state index is 12.6. The average molecular weight is 269 g/mol. The van der Waals surface area contributed by atoms with Crippen molar-refractivity contribution >= 4 is 5.69 Å². The third kappa shape index (κ3) is 3.27. The lowest BCUT2D eigenvalue weighted by Crippen LogP contribution is -2.09. The lowest BCUT2D eigenvalue weighted by Gasteiger charge is -2.11. The second-order valence-corrected chi connectivity index (χ2v) is 4.07. The Labute approximate surface area is 109 Å². The highest BCUT2D eigenvalue weighted by molar-refractivity contribution is 5.46. The molecule has 0 saturated carbocycles. The molecule has 0 fully saturated rings. The maximum Gasteiger partial charge on any atom is 0.416 e. The number of benzene rings is 1. The number of aryl methyl sites for hydroxylation is 1. The van der Waals surface area contributed by atoms with E-state index in [1.165, 1.54) is 6.07 Å². The SMILES string of the molecule is CCn1nccc1CNc1cccc(C(F)(F)F)c1. The molecule has 0 saturated heterocycles. The molecule has 1 heterocycles. The van der Waals surface area contributed by atoms with Gasteiger partial charge in [-0.25, -0.2) is 0 Å². The normalized spacial score (nSPS) is 11.6. The van der Waals surface area contributed by atoms with E-state index in [0.29, 0.717) is 12.2 Å². The average Bonchev–Trinajstić information content (AvgIpc) is 2.83. The van der Waals surface area contributed by atoms with Crippen LogP contribution < -0.4 is 5.32 Å². The number of hydrogen-bond acceptors (Lipinski definition) is 2. The van der Waals surface area contributed by atoms with E-state index in [2.05, 4.69) is 10.4 Å². The standard InChI is InChI=1S/C13H14F3N3/c1-2-19-12(6-7-18-19)9-17-11-5-3-4-10(8-11)13(14,15)16/h3-8,17H,2,9H2,1H3. The number of nitrogens with one attached hydrogen (secondary N) is 1. The van der Waals surface area contributed by atoms with Crippen LogP contribution in [0.1, 0.15) is 18.2 Å². The Hall–Kier alpha value is -1.98. The summed E-state index contributed by atoms with van der Waals surface area (Å²) in [5.41, 5.74) is 0.722. The van der Waals surface area contributed by atoms with Crippen molar-refractivity contribution in [3.63, 3.8) is 0 Å². The first-order valence-electron chi connectivity index (χ1n) is 5.92. The van der Waals surface area contributed by atoms with Crippen LogP contribution in [0.15, 0.2) is 36.5 Å². The van der Waals surface area contributed by atoms with Crippen LogP contribution >= 0.6 is 0 Å². The lowest BCUT2D eigenvalue weighted by atomic mass is 10.2. The van der Waals surface area contributed by atoms with Crippen LogP contribution in [0, 0.1) is 0 Å². The number of nitrogens with zero attached hydrogens (tertiary/aromatic N) is 2. The van der Waals surface area contributed by atoms with E-state index in [1.807, 2.05) is 13.0 Å². The molecule has 6 heteroatoms. The van der Waals surface area contributed by atoms with Gasteiger partial charge in [-0.1, -0.05) is 6.07 Å². The van der Waals surface area contributed by atoms with Gasteiger partial charge in [0, 0.05) is 18.4 Å². The van der Waals surface area contributed by atoms with E-state index in [1.54, 1.807) is 16.9 Å². The Morgan fingerprint density at radius 1 is 1.26 bits per heavy atom. The van der Waals surface area contributed by atoms with Gasteiger partial charge in [0.2, 0.25) is 0 Å². The lowest BCUT2D eigenvalue weighted by molar-refractivity contribution is -0.137. The van der Waals surface area contributed by atoms with Crippen molar-refractivity contribution in [3.05, 3.63) is 47.8 Å². The minimum absolute atomic E-state index is 0.440. The summed E-state index contributed by atoms with van der Waals surface area (Å²) in [6.07, 6.45) is -2.64. The summed E-state index contributed by atoms with van der Waals surface area (Å²) in [4.78, 5) is 0. The molecule has 0 radical (unpaired) electrons. The minimum atomic E-state index is -4.32. The summed E-state index contributed by atoms with van der Waals surface area (Å²) in [5.74, 6) is 0. The Kier molecular flexibility index (Phi) is 3.78. The molecule has 2 rings (SSSR count). The second kappa shape index (κ2) is 5.34. The molecule has 0 amide bonds. The first-order chi connectivity index (χ1) is 9.00. The molecular formula is C13H14F3N3. The second-order valence-electron chi connectivity index (χ2n) is 4.07. The molecule has 0 aliphatic rings. The van der Waals surface area contributed by atoms with Gasteiger partial charge in [0.15, 0.2) is 0 Å². The Bertz CT molecular complexity index is 546. The molecule has 0 bridgehead atoms. The van der Waals surface area contributed by atoms with E-state index in [9.17, 15) is 13.2 Å². The highest BCUT2D eigenvalue weighted by Crippen LogP contribution is 2.30. The van der Waals surface area contributed by atoms with Crippen LogP contribution in [-0.4, -0.2) is 9.78 Å². The number of aromatic nitrogens is 2. The fourth-order valence-corrected chi connectivity index (χ4v) is 1.79. The van der Waals surface area contributed by atoms with Crippen molar-refractivity contribution in [3.8, 4) is 0 Å². The monoisotopic (exact) mass is 269 g/mol. The molecule has 0 spiro atoms.